The molecule has 0 saturated heterocycles. The second-order valence-electron chi connectivity index (χ2n) is 6.20. The minimum atomic E-state index is -0.460. The number of pyridine rings is 1. The van der Waals surface area contributed by atoms with Crippen molar-refractivity contribution in [3.05, 3.63) is 69.4 Å². The zero-order valence-electron chi connectivity index (χ0n) is 15.6. The first kappa shape index (κ1) is 20.0. The zero-order chi connectivity index (χ0) is 20.3. The molecule has 0 aliphatic rings. The molecule has 0 saturated carbocycles. The molecule has 3 aromatic rings. The topological polar surface area (TPSA) is 72.4 Å². The zero-order valence-corrected chi connectivity index (χ0v) is 17.2. The first-order chi connectivity index (χ1) is 13.4. The number of nitrogens with zero attached hydrogens (tertiary/aromatic N) is 3. The molecule has 0 aliphatic carbocycles. The molecule has 1 amide bonds. The van der Waals surface area contributed by atoms with E-state index < -0.39 is 5.97 Å². The fourth-order valence-electron chi connectivity index (χ4n) is 2.76. The predicted octanol–water partition coefficient (Wildman–Crippen LogP) is 4.85. The van der Waals surface area contributed by atoms with Crippen LogP contribution in [0.15, 0.2) is 42.0 Å². The van der Waals surface area contributed by atoms with Gasteiger partial charge in [0.25, 0.3) is 0 Å². The van der Waals surface area contributed by atoms with Gasteiger partial charge in [-0.25, -0.2) is 9.78 Å². The van der Waals surface area contributed by atoms with Gasteiger partial charge in [-0.05, 0) is 43.2 Å². The van der Waals surface area contributed by atoms with Crippen molar-refractivity contribution in [1.29, 1.82) is 0 Å². The summed E-state index contributed by atoms with van der Waals surface area (Å²) in [5.41, 5.74) is 3.46. The molecule has 8 heteroatoms. The van der Waals surface area contributed by atoms with E-state index in [-0.39, 0.29) is 12.5 Å². The van der Waals surface area contributed by atoms with Crippen molar-refractivity contribution < 1.29 is 14.3 Å². The van der Waals surface area contributed by atoms with Gasteiger partial charge in [0.05, 0.1) is 22.0 Å². The number of hydrogen-bond acceptors (Lipinski definition) is 6. The largest absolute Gasteiger partial charge is 0.456 e. The molecule has 2 aromatic heterocycles. The fourth-order valence-corrected chi connectivity index (χ4v) is 4.02. The average molecular weight is 416 g/mol. The molecule has 3 rings (SSSR count). The number of ether oxygens (including phenoxy) is 1. The molecule has 0 atom stereocenters. The van der Waals surface area contributed by atoms with E-state index >= 15 is 0 Å². The fraction of sp³-hybridized carbons (Fsp3) is 0.200. The summed E-state index contributed by atoms with van der Waals surface area (Å²) in [6.45, 7) is 5.30. The molecule has 0 radical (unpaired) electrons. The molecule has 0 aliphatic heterocycles. The third-order valence-electron chi connectivity index (χ3n) is 3.93. The van der Waals surface area contributed by atoms with Gasteiger partial charge in [-0.3, -0.25) is 14.7 Å². The summed E-state index contributed by atoms with van der Waals surface area (Å²) >= 11 is 7.69. The van der Waals surface area contributed by atoms with Gasteiger partial charge in [0, 0.05) is 24.7 Å². The van der Waals surface area contributed by atoms with Crippen LogP contribution in [0, 0.1) is 13.8 Å². The van der Waals surface area contributed by atoms with E-state index in [0.717, 1.165) is 11.1 Å². The summed E-state index contributed by atoms with van der Waals surface area (Å²) in [7, 11) is 0. The van der Waals surface area contributed by atoms with Crippen LogP contribution in [0.1, 0.15) is 34.1 Å². The van der Waals surface area contributed by atoms with Crippen LogP contribution in [0.5, 0.6) is 0 Å². The molecule has 28 heavy (non-hydrogen) atoms. The number of anilines is 2. The minimum absolute atomic E-state index is 0.00398. The number of thiazole rings is 1. The van der Waals surface area contributed by atoms with Crippen LogP contribution in [0.3, 0.4) is 0 Å². The van der Waals surface area contributed by atoms with Crippen LogP contribution in [0.4, 0.5) is 10.8 Å². The molecule has 0 N–H and O–H groups in total. The van der Waals surface area contributed by atoms with Crippen LogP contribution < -0.4 is 4.90 Å². The Bertz CT molecular complexity index is 998. The Morgan fingerprint density at radius 2 is 1.93 bits per heavy atom. The third-order valence-corrected chi connectivity index (χ3v) is 5.10. The quantitative estimate of drug-likeness (QED) is 0.557. The molecule has 144 valence electrons. The molecule has 2 heterocycles. The first-order valence-electron chi connectivity index (χ1n) is 8.46. The molecule has 0 spiro atoms. The Kier molecular flexibility index (Phi) is 6.06. The lowest BCUT2D eigenvalue weighted by Gasteiger charge is -2.22. The molecular weight excluding hydrogens is 398 g/mol. The highest BCUT2D eigenvalue weighted by Crippen LogP contribution is 2.37. The maximum Gasteiger partial charge on any atom is 0.338 e. The van der Waals surface area contributed by atoms with Crippen molar-refractivity contribution in [3.63, 3.8) is 0 Å². The predicted molar refractivity (Wildman–Crippen MR) is 109 cm³/mol. The standard InChI is InChI=1S/C20H18ClN3O3S/c1-12-8-13(2)18(17(21)9-12)24(14(3)25)20-23-16(11-28-20)10-27-19(26)15-4-6-22-7-5-15/h4-9,11H,10H2,1-3H3. The minimum Gasteiger partial charge on any atom is -0.456 e. The van der Waals surface area contributed by atoms with Gasteiger partial charge in [0.2, 0.25) is 5.91 Å². The Morgan fingerprint density at radius 3 is 2.57 bits per heavy atom. The molecule has 6 nitrogen and oxygen atoms in total. The van der Waals surface area contributed by atoms with E-state index in [9.17, 15) is 9.59 Å². The van der Waals surface area contributed by atoms with Crippen LogP contribution in [-0.2, 0) is 16.1 Å². The smallest absolute Gasteiger partial charge is 0.338 e. The number of halogens is 1. The molecule has 0 fully saturated rings. The van der Waals surface area contributed by atoms with Gasteiger partial charge in [-0.1, -0.05) is 17.7 Å². The molecule has 1 aromatic carbocycles. The number of esters is 1. The molecule has 0 unspecified atom stereocenters. The summed E-state index contributed by atoms with van der Waals surface area (Å²) in [6, 6.07) is 6.93. The van der Waals surface area contributed by atoms with E-state index in [2.05, 4.69) is 9.97 Å². The lowest BCUT2D eigenvalue weighted by Crippen LogP contribution is -2.24. The summed E-state index contributed by atoms with van der Waals surface area (Å²) in [4.78, 5) is 34.2. The normalized spacial score (nSPS) is 10.6. The highest BCUT2D eigenvalue weighted by Gasteiger charge is 2.23. The van der Waals surface area contributed by atoms with Crippen molar-refractivity contribution in [1.82, 2.24) is 9.97 Å². The highest BCUT2D eigenvalue weighted by molar-refractivity contribution is 7.14. The molecule has 0 bridgehead atoms. The van der Waals surface area contributed by atoms with E-state index in [0.29, 0.717) is 27.1 Å². The van der Waals surface area contributed by atoms with Crippen LogP contribution in [-0.4, -0.2) is 21.8 Å². The van der Waals surface area contributed by atoms with Crippen LogP contribution >= 0.6 is 22.9 Å². The number of rotatable bonds is 5. The van der Waals surface area contributed by atoms with Crippen LogP contribution in [0.25, 0.3) is 0 Å². The van der Waals surface area contributed by atoms with Gasteiger partial charge in [-0.15, -0.1) is 11.3 Å². The summed E-state index contributed by atoms with van der Waals surface area (Å²) < 4.78 is 5.28. The number of carbonyl (C=O) groups is 2. The summed E-state index contributed by atoms with van der Waals surface area (Å²) in [5.74, 6) is -0.665. The van der Waals surface area contributed by atoms with Crippen molar-refractivity contribution in [2.75, 3.05) is 4.90 Å². The average Bonchev–Trinajstić information content (AvgIpc) is 3.11. The maximum absolute atomic E-state index is 12.3. The Morgan fingerprint density at radius 1 is 1.21 bits per heavy atom. The lowest BCUT2D eigenvalue weighted by atomic mass is 10.1. The number of carbonyl (C=O) groups excluding carboxylic acids is 2. The van der Waals surface area contributed by atoms with Gasteiger partial charge < -0.3 is 4.74 Å². The van der Waals surface area contributed by atoms with Crippen LogP contribution in [0.2, 0.25) is 5.02 Å². The second-order valence-corrected chi connectivity index (χ2v) is 7.44. The van der Waals surface area contributed by atoms with Gasteiger partial charge >= 0.3 is 5.97 Å². The van der Waals surface area contributed by atoms with Crippen molar-refractivity contribution in [3.8, 4) is 0 Å². The second kappa shape index (κ2) is 8.50. The van der Waals surface area contributed by atoms with E-state index in [1.807, 2.05) is 26.0 Å². The Hall–Kier alpha value is -2.77. The van der Waals surface area contributed by atoms with Crippen molar-refractivity contribution >= 4 is 45.6 Å². The lowest BCUT2D eigenvalue weighted by molar-refractivity contribution is -0.115. The van der Waals surface area contributed by atoms with E-state index in [1.54, 1.807) is 17.5 Å². The van der Waals surface area contributed by atoms with Crippen molar-refractivity contribution in [2.45, 2.75) is 27.4 Å². The summed E-state index contributed by atoms with van der Waals surface area (Å²) in [6.07, 6.45) is 3.05. The number of amides is 1. The monoisotopic (exact) mass is 415 g/mol. The number of hydrogen-bond donors (Lipinski definition) is 0. The summed E-state index contributed by atoms with van der Waals surface area (Å²) in [5, 5.41) is 2.70. The Labute approximate surface area is 171 Å². The first-order valence-corrected chi connectivity index (χ1v) is 9.71. The van der Waals surface area contributed by atoms with Gasteiger partial charge in [0.15, 0.2) is 5.13 Å². The Balaban J connectivity index is 1.81. The number of benzene rings is 1. The number of aryl methyl sites for hydroxylation is 2. The van der Waals surface area contributed by atoms with Crippen molar-refractivity contribution in [2.24, 2.45) is 0 Å². The third kappa shape index (κ3) is 4.37. The van der Waals surface area contributed by atoms with E-state index in [4.69, 9.17) is 16.3 Å². The van der Waals surface area contributed by atoms with E-state index in [1.165, 1.54) is 35.6 Å². The van der Waals surface area contributed by atoms with Gasteiger partial charge in [0.1, 0.15) is 6.61 Å². The highest BCUT2D eigenvalue weighted by atomic mass is 35.5. The maximum atomic E-state index is 12.3. The molecular formula is C20H18ClN3O3S. The number of aromatic nitrogens is 2. The SMILES string of the molecule is CC(=O)N(c1nc(COC(=O)c2ccncc2)cs1)c1c(C)cc(C)cc1Cl. The van der Waals surface area contributed by atoms with Gasteiger partial charge in [-0.2, -0.15) is 0 Å².